The molecule has 0 bridgehead atoms. The number of rotatable bonds is 4. The zero-order valence-corrected chi connectivity index (χ0v) is 17.4. The number of nitrogens with one attached hydrogen (secondary N) is 2. The summed E-state index contributed by atoms with van der Waals surface area (Å²) in [7, 11) is -3.54. The second-order valence-corrected chi connectivity index (χ2v) is 9.50. The van der Waals surface area contributed by atoms with Crippen molar-refractivity contribution in [2.75, 3.05) is 13.1 Å². The third-order valence-corrected chi connectivity index (χ3v) is 7.36. The van der Waals surface area contributed by atoms with Crippen molar-refractivity contribution in [1.29, 1.82) is 0 Å². The van der Waals surface area contributed by atoms with Crippen molar-refractivity contribution in [2.24, 2.45) is 0 Å². The van der Waals surface area contributed by atoms with Gasteiger partial charge < -0.3 is 10.3 Å². The van der Waals surface area contributed by atoms with Crippen LogP contribution in [0.3, 0.4) is 0 Å². The van der Waals surface area contributed by atoms with Gasteiger partial charge in [0.1, 0.15) is 5.69 Å². The van der Waals surface area contributed by atoms with Gasteiger partial charge in [-0.3, -0.25) is 9.59 Å². The van der Waals surface area contributed by atoms with Gasteiger partial charge in [0.15, 0.2) is 0 Å². The van der Waals surface area contributed by atoms with Crippen molar-refractivity contribution in [3.8, 4) is 0 Å². The number of hydrogen-bond acceptors (Lipinski definition) is 4. The molecule has 1 aliphatic rings. The molecule has 2 heterocycles. The summed E-state index contributed by atoms with van der Waals surface area (Å²) < 4.78 is 27.1. The van der Waals surface area contributed by atoms with Gasteiger partial charge in [-0.15, -0.1) is 0 Å². The van der Waals surface area contributed by atoms with Gasteiger partial charge in [0.2, 0.25) is 10.0 Å². The molecule has 1 aromatic heterocycles. The second kappa shape index (κ2) is 8.04. The van der Waals surface area contributed by atoms with E-state index < -0.39 is 10.0 Å². The Labute approximate surface area is 174 Å². The lowest BCUT2D eigenvalue weighted by Gasteiger charge is -2.31. The molecule has 2 N–H and O–H groups in total. The Morgan fingerprint density at radius 1 is 1.07 bits per heavy atom. The van der Waals surface area contributed by atoms with Crippen molar-refractivity contribution >= 4 is 26.7 Å². The van der Waals surface area contributed by atoms with Crippen LogP contribution in [-0.4, -0.2) is 42.7 Å². The zero-order valence-electron chi connectivity index (χ0n) is 16.6. The molecular formula is C22H23N3O4S. The maximum absolute atomic E-state index is 12.8. The molecule has 3 aromatic rings. The Hall–Kier alpha value is -2.97. The lowest BCUT2D eigenvalue weighted by Crippen LogP contribution is -2.46. The van der Waals surface area contributed by atoms with Gasteiger partial charge in [-0.2, -0.15) is 4.31 Å². The molecule has 30 heavy (non-hydrogen) atoms. The number of hydrogen-bond donors (Lipinski definition) is 2. The molecule has 4 rings (SSSR count). The number of benzene rings is 2. The SMILES string of the molecule is Cc1ccc(S(=O)(=O)N2CCC(NC(=O)c3cc4ccccc4c(=O)[nH]3)CC2)cc1. The molecular weight excluding hydrogens is 402 g/mol. The number of carbonyl (C=O) groups excluding carboxylic acids is 1. The van der Waals surface area contributed by atoms with Crippen LogP contribution in [0, 0.1) is 6.92 Å². The van der Waals surface area contributed by atoms with E-state index in [4.69, 9.17) is 0 Å². The first kappa shape index (κ1) is 20.3. The Bertz CT molecular complexity index is 1240. The van der Waals surface area contributed by atoms with Gasteiger partial charge in [-0.05, 0) is 49.4 Å². The number of aryl methyl sites for hydroxylation is 1. The molecule has 0 saturated carbocycles. The number of sulfonamides is 1. The molecule has 0 radical (unpaired) electrons. The average Bonchev–Trinajstić information content (AvgIpc) is 2.74. The number of pyridine rings is 1. The molecule has 1 saturated heterocycles. The van der Waals surface area contributed by atoms with Gasteiger partial charge in [-0.25, -0.2) is 8.42 Å². The van der Waals surface area contributed by atoms with Crippen LogP contribution in [0.2, 0.25) is 0 Å². The van der Waals surface area contributed by atoms with E-state index in [1.54, 1.807) is 48.5 Å². The van der Waals surface area contributed by atoms with Crippen LogP contribution < -0.4 is 10.9 Å². The fraction of sp³-hybridized carbons (Fsp3) is 0.273. The van der Waals surface area contributed by atoms with E-state index in [-0.39, 0.29) is 28.1 Å². The molecule has 156 valence electrons. The van der Waals surface area contributed by atoms with Crippen LogP contribution in [0.4, 0.5) is 0 Å². The van der Waals surface area contributed by atoms with Gasteiger partial charge in [0.25, 0.3) is 11.5 Å². The highest BCUT2D eigenvalue weighted by atomic mass is 32.2. The van der Waals surface area contributed by atoms with E-state index in [0.717, 1.165) is 5.56 Å². The summed E-state index contributed by atoms with van der Waals surface area (Å²) in [5, 5.41) is 4.15. The van der Waals surface area contributed by atoms with Crippen LogP contribution in [0.15, 0.2) is 64.3 Å². The van der Waals surface area contributed by atoms with Crippen LogP contribution in [0.1, 0.15) is 28.9 Å². The molecule has 1 aliphatic heterocycles. The van der Waals surface area contributed by atoms with E-state index >= 15 is 0 Å². The number of aromatic nitrogens is 1. The maximum atomic E-state index is 12.8. The van der Waals surface area contributed by atoms with Crippen LogP contribution >= 0.6 is 0 Å². The summed E-state index contributed by atoms with van der Waals surface area (Å²) in [6.07, 6.45) is 1.02. The first-order valence-corrected chi connectivity index (χ1v) is 11.3. The number of H-pyrrole nitrogens is 1. The summed E-state index contributed by atoms with van der Waals surface area (Å²) in [6, 6.07) is 15.4. The van der Waals surface area contributed by atoms with E-state index in [9.17, 15) is 18.0 Å². The molecule has 7 nitrogen and oxygen atoms in total. The number of carbonyl (C=O) groups is 1. The Balaban J connectivity index is 1.42. The molecule has 8 heteroatoms. The quantitative estimate of drug-likeness (QED) is 0.671. The third-order valence-electron chi connectivity index (χ3n) is 5.45. The van der Waals surface area contributed by atoms with Crippen LogP contribution in [0.25, 0.3) is 10.8 Å². The van der Waals surface area contributed by atoms with E-state index in [1.165, 1.54) is 4.31 Å². The predicted molar refractivity (Wildman–Crippen MR) is 115 cm³/mol. The topological polar surface area (TPSA) is 99.3 Å². The molecule has 2 aromatic carbocycles. The molecule has 0 unspecified atom stereocenters. The molecule has 0 atom stereocenters. The Morgan fingerprint density at radius 3 is 2.43 bits per heavy atom. The Kier molecular flexibility index (Phi) is 5.44. The summed E-state index contributed by atoms with van der Waals surface area (Å²) in [5.41, 5.74) is 0.896. The van der Waals surface area contributed by atoms with Crippen molar-refractivity contribution in [1.82, 2.24) is 14.6 Å². The van der Waals surface area contributed by atoms with Gasteiger partial charge in [0.05, 0.1) is 4.90 Å². The highest BCUT2D eigenvalue weighted by molar-refractivity contribution is 7.89. The fourth-order valence-electron chi connectivity index (χ4n) is 3.70. The highest BCUT2D eigenvalue weighted by Gasteiger charge is 2.30. The summed E-state index contributed by atoms with van der Waals surface area (Å²) in [6.45, 7) is 2.57. The highest BCUT2D eigenvalue weighted by Crippen LogP contribution is 2.21. The average molecular weight is 426 g/mol. The minimum absolute atomic E-state index is 0.156. The molecule has 0 spiro atoms. The van der Waals surface area contributed by atoms with E-state index in [2.05, 4.69) is 10.3 Å². The molecule has 0 aliphatic carbocycles. The fourth-order valence-corrected chi connectivity index (χ4v) is 5.17. The maximum Gasteiger partial charge on any atom is 0.268 e. The Morgan fingerprint density at radius 2 is 1.73 bits per heavy atom. The number of piperidine rings is 1. The first-order chi connectivity index (χ1) is 14.3. The lowest BCUT2D eigenvalue weighted by molar-refractivity contribution is 0.0918. The third kappa shape index (κ3) is 4.01. The first-order valence-electron chi connectivity index (χ1n) is 9.84. The van der Waals surface area contributed by atoms with Crippen LogP contribution in [0.5, 0.6) is 0 Å². The molecule has 1 fully saturated rings. The summed E-state index contributed by atoms with van der Waals surface area (Å²) in [4.78, 5) is 27.7. The monoisotopic (exact) mass is 425 g/mol. The largest absolute Gasteiger partial charge is 0.348 e. The van der Waals surface area contributed by atoms with Gasteiger partial charge in [-0.1, -0.05) is 35.9 Å². The van der Waals surface area contributed by atoms with Crippen molar-refractivity contribution in [3.63, 3.8) is 0 Å². The predicted octanol–water partition coefficient (Wildman–Crippen LogP) is 2.42. The smallest absolute Gasteiger partial charge is 0.268 e. The lowest BCUT2D eigenvalue weighted by atomic mass is 10.1. The number of fused-ring (bicyclic) bond motifs is 1. The van der Waals surface area contributed by atoms with Crippen molar-refractivity contribution in [2.45, 2.75) is 30.7 Å². The standard InChI is InChI=1S/C22H23N3O4S/c1-15-6-8-18(9-7-15)30(28,29)25-12-10-17(11-13-25)23-22(27)20-14-16-4-2-3-5-19(16)21(26)24-20/h2-9,14,17H,10-13H2,1H3,(H,23,27)(H,24,26). The minimum Gasteiger partial charge on any atom is -0.348 e. The number of amides is 1. The van der Waals surface area contributed by atoms with Gasteiger partial charge >= 0.3 is 0 Å². The number of nitrogens with zero attached hydrogens (tertiary/aromatic N) is 1. The zero-order chi connectivity index (χ0) is 21.3. The normalized spacial score (nSPS) is 15.9. The molecule has 1 amide bonds. The van der Waals surface area contributed by atoms with Crippen molar-refractivity contribution < 1.29 is 13.2 Å². The van der Waals surface area contributed by atoms with Crippen molar-refractivity contribution in [3.05, 3.63) is 76.2 Å². The van der Waals surface area contributed by atoms with E-state index in [1.807, 2.05) is 13.0 Å². The van der Waals surface area contributed by atoms with Gasteiger partial charge in [0, 0.05) is 24.5 Å². The summed E-state index contributed by atoms with van der Waals surface area (Å²) in [5.74, 6) is -0.363. The van der Waals surface area contributed by atoms with Crippen LogP contribution in [-0.2, 0) is 10.0 Å². The number of aromatic amines is 1. The summed E-state index contributed by atoms with van der Waals surface area (Å²) >= 11 is 0. The van der Waals surface area contributed by atoms with E-state index in [0.29, 0.717) is 36.7 Å². The minimum atomic E-state index is -3.54. The second-order valence-electron chi connectivity index (χ2n) is 7.56.